The predicted molar refractivity (Wildman–Crippen MR) is 58.7 cm³/mol. The number of carbonyl (C=O) groups excluding carboxylic acids is 1. The highest BCUT2D eigenvalue weighted by Crippen LogP contribution is 2.21. The molecule has 3 nitrogen and oxygen atoms in total. The summed E-state index contributed by atoms with van der Waals surface area (Å²) in [5, 5.41) is 4.73. The fraction of sp³-hybridized carbons (Fsp3) is 0.0909. The summed E-state index contributed by atoms with van der Waals surface area (Å²) in [5.41, 5.74) is 2.15. The van der Waals surface area contributed by atoms with Crippen LogP contribution in [0.25, 0.3) is 5.69 Å². The summed E-state index contributed by atoms with van der Waals surface area (Å²) in [6.45, 7) is 1.83. The van der Waals surface area contributed by atoms with Gasteiger partial charge in [-0.2, -0.15) is 5.10 Å². The minimum absolute atomic E-state index is 0.579. The lowest BCUT2D eigenvalue weighted by atomic mass is 10.2. The molecule has 0 amide bonds. The molecule has 15 heavy (non-hydrogen) atoms. The van der Waals surface area contributed by atoms with E-state index >= 15 is 0 Å². The second-order valence-electron chi connectivity index (χ2n) is 3.17. The number of hydrogen-bond acceptors (Lipinski definition) is 2. The summed E-state index contributed by atoms with van der Waals surface area (Å²) in [6.07, 6.45) is 2.32. The smallest absolute Gasteiger partial charge is 0.153 e. The van der Waals surface area contributed by atoms with Crippen molar-refractivity contribution in [2.75, 3.05) is 0 Å². The zero-order valence-corrected chi connectivity index (χ0v) is 8.90. The first-order valence-corrected chi connectivity index (χ1v) is 4.86. The quantitative estimate of drug-likeness (QED) is 0.730. The molecule has 0 atom stereocenters. The molecule has 0 radical (unpaired) electrons. The van der Waals surface area contributed by atoms with Crippen molar-refractivity contribution in [3.63, 3.8) is 0 Å². The average molecular weight is 221 g/mol. The lowest BCUT2D eigenvalue weighted by molar-refractivity contribution is 0.112. The maximum Gasteiger partial charge on any atom is 0.153 e. The molecule has 0 unspecified atom stereocenters. The van der Waals surface area contributed by atoms with E-state index < -0.39 is 0 Å². The zero-order chi connectivity index (χ0) is 10.8. The number of halogens is 1. The lowest BCUT2D eigenvalue weighted by Crippen LogP contribution is -1.99. The second kappa shape index (κ2) is 3.87. The third-order valence-electron chi connectivity index (χ3n) is 2.26. The Balaban J connectivity index is 2.59. The van der Waals surface area contributed by atoms with Gasteiger partial charge in [-0.25, -0.2) is 4.68 Å². The summed E-state index contributed by atoms with van der Waals surface area (Å²) >= 11 is 6.03. The average Bonchev–Trinajstić information content (AvgIpc) is 2.60. The monoisotopic (exact) mass is 220 g/mol. The summed E-state index contributed by atoms with van der Waals surface area (Å²) < 4.78 is 1.66. The topological polar surface area (TPSA) is 34.9 Å². The molecule has 1 heterocycles. The van der Waals surface area contributed by atoms with Crippen LogP contribution in [-0.4, -0.2) is 16.1 Å². The Hall–Kier alpha value is -1.61. The van der Waals surface area contributed by atoms with E-state index in [1.54, 1.807) is 10.7 Å². The van der Waals surface area contributed by atoms with Crippen molar-refractivity contribution in [3.8, 4) is 5.69 Å². The van der Waals surface area contributed by atoms with Gasteiger partial charge < -0.3 is 0 Å². The van der Waals surface area contributed by atoms with Crippen LogP contribution in [0.3, 0.4) is 0 Å². The number of aldehydes is 1. The first-order chi connectivity index (χ1) is 7.24. The Morgan fingerprint density at radius 1 is 1.40 bits per heavy atom. The fourth-order valence-electron chi connectivity index (χ4n) is 1.40. The molecule has 0 saturated heterocycles. The van der Waals surface area contributed by atoms with Gasteiger partial charge in [0, 0.05) is 0 Å². The molecule has 0 bridgehead atoms. The molecular weight excluding hydrogens is 212 g/mol. The number of aromatic nitrogens is 2. The number of carbonyl (C=O) groups is 1. The van der Waals surface area contributed by atoms with E-state index in [0.29, 0.717) is 10.6 Å². The van der Waals surface area contributed by atoms with Gasteiger partial charge in [0.15, 0.2) is 6.29 Å². The molecular formula is C11H9ClN2O. The van der Waals surface area contributed by atoms with Crippen LogP contribution in [0.15, 0.2) is 30.5 Å². The second-order valence-corrected chi connectivity index (χ2v) is 3.57. The highest BCUT2D eigenvalue weighted by atomic mass is 35.5. The standard InChI is InChI=1S/C11H9ClN2O/c1-8-9(7-15)6-13-14(8)11-5-3-2-4-10(11)12/h2-7H,1H3. The summed E-state index contributed by atoms with van der Waals surface area (Å²) in [7, 11) is 0. The third kappa shape index (κ3) is 1.66. The fourth-order valence-corrected chi connectivity index (χ4v) is 1.62. The van der Waals surface area contributed by atoms with Crippen molar-refractivity contribution in [3.05, 3.63) is 46.7 Å². The molecule has 0 fully saturated rings. The molecule has 1 aromatic heterocycles. The van der Waals surface area contributed by atoms with Crippen LogP contribution < -0.4 is 0 Å². The Kier molecular flexibility index (Phi) is 2.56. The zero-order valence-electron chi connectivity index (χ0n) is 8.14. The van der Waals surface area contributed by atoms with Crippen molar-refractivity contribution < 1.29 is 4.79 Å². The molecule has 0 spiro atoms. The normalized spacial score (nSPS) is 10.3. The lowest BCUT2D eigenvalue weighted by Gasteiger charge is -2.05. The number of rotatable bonds is 2. The Morgan fingerprint density at radius 3 is 2.73 bits per heavy atom. The van der Waals surface area contributed by atoms with E-state index in [1.807, 2.05) is 25.1 Å². The van der Waals surface area contributed by atoms with Crippen molar-refractivity contribution in [1.29, 1.82) is 0 Å². The van der Waals surface area contributed by atoms with E-state index in [0.717, 1.165) is 17.7 Å². The van der Waals surface area contributed by atoms with Crippen LogP contribution in [0.2, 0.25) is 5.02 Å². The van der Waals surface area contributed by atoms with Gasteiger partial charge in [0.2, 0.25) is 0 Å². The molecule has 2 aromatic rings. The SMILES string of the molecule is Cc1c(C=O)cnn1-c1ccccc1Cl. The molecule has 0 aliphatic heterocycles. The van der Waals surface area contributed by atoms with Crippen molar-refractivity contribution in [2.45, 2.75) is 6.92 Å². The predicted octanol–water partition coefficient (Wildman–Crippen LogP) is 2.65. The van der Waals surface area contributed by atoms with E-state index in [4.69, 9.17) is 11.6 Å². The van der Waals surface area contributed by atoms with Crippen LogP contribution in [0, 0.1) is 6.92 Å². The maximum atomic E-state index is 10.7. The summed E-state index contributed by atoms with van der Waals surface area (Å²) in [6, 6.07) is 7.38. The summed E-state index contributed by atoms with van der Waals surface area (Å²) in [5.74, 6) is 0. The molecule has 4 heteroatoms. The number of para-hydroxylation sites is 1. The first kappa shape index (κ1) is 9.93. The first-order valence-electron chi connectivity index (χ1n) is 4.48. The van der Waals surface area contributed by atoms with Crippen LogP contribution in [0.1, 0.15) is 16.1 Å². The molecule has 1 aromatic carbocycles. The van der Waals surface area contributed by atoms with Gasteiger partial charge in [0.05, 0.1) is 28.2 Å². The molecule has 0 aliphatic rings. The van der Waals surface area contributed by atoms with Gasteiger partial charge in [-0.1, -0.05) is 23.7 Å². The van der Waals surface area contributed by atoms with Crippen molar-refractivity contribution >= 4 is 17.9 Å². The maximum absolute atomic E-state index is 10.7. The highest BCUT2D eigenvalue weighted by Gasteiger charge is 2.09. The van der Waals surface area contributed by atoms with Gasteiger partial charge in [0.1, 0.15) is 0 Å². The van der Waals surface area contributed by atoms with Crippen LogP contribution >= 0.6 is 11.6 Å². The van der Waals surface area contributed by atoms with Gasteiger partial charge in [-0.15, -0.1) is 0 Å². The summed E-state index contributed by atoms with van der Waals surface area (Å²) in [4.78, 5) is 10.7. The molecule has 0 saturated carbocycles. The molecule has 0 N–H and O–H groups in total. The van der Waals surface area contributed by atoms with Crippen LogP contribution in [0.5, 0.6) is 0 Å². The van der Waals surface area contributed by atoms with Crippen LogP contribution in [0.4, 0.5) is 0 Å². The Bertz CT molecular complexity index is 505. The van der Waals surface area contributed by atoms with Crippen molar-refractivity contribution in [1.82, 2.24) is 9.78 Å². The van der Waals surface area contributed by atoms with E-state index in [2.05, 4.69) is 5.10 Å². The van der Waals surface area contributed by atoms with E-state index in [-0.39, 0.29) is 0 Å². The number of nitrogens with zero attached hydrogens (tertiary/aromatic N) is 2. The van der Waals surface area contributed by atoms with Gasteiger partial charge in [-0.3, -0.25) is 4.79 Å². The molecule has 76 valence electrons. The Morgan fingerprint density at radius 2 is 2.13 bits per heavy atom. The third-order valence-corrected chi connectivity index (χ3v) is 2.57. The highest BCUT2D eigenvalue weighted by molar-refractivity contribution is 6.32. The van der Waals surface area contributed by atoms with Crippen molar-refractivity contribution in [2.24, 2.45) is 0 Å². The molecule has 0 aliphatic carbocycles. The number of benzene rings is 1. The van der Waals surface area contributed by atoms with E-state index in [1.165, 1.54) is 6.20 Å². The Labute approximate surface area is 92.3 Å². The van der Waals surface area contributed by atoms with Gasteiger partial charge in [0.25, 0.3) is 0 Å². The molecule has 2 rings (SSSR count). The minimum Gasteiger partial charge on any atom is -0.298 e. The van der Waals surface area contributed by atoms with Gasteiger partial charge in [-0.05, 0) is 19.1 Å². The van der Waals surface area contributed by atoms with Gasteiger partial charge >= 0.3 is 0 Å². The number of hydrogen-bond donors (Lipinski definition) is 0. The minimum atomic E-state index is 0.579. The largest absolute Gasteiger partial charge is 0.298 e. The van der Waals surface area contributed by atoms with Crippen LogP contribution in [-0.2, 0) is 0 Å². The van der Waals surface area contributed by atoms with E-state index in [9.17, 15) is 4.79 Å².